The lowest BCUT2D eigenvalue weighted by Crippen LogP contribution is -2.03. The van der Waals surface area contributed by atoms with Crippen LogP contribution in [0.15, 0.2) is 67.3 Å². The van der Waals surface area contributed by atoms with Gasteiger partial charge in [-0.2, -0.15) is 0 Å². The van der Waals surface area contributed by atoms with E-state index < -0.39 is 0 Å². The van der Waals surface area contributed by atoms with E-state index in [9.17, 15) is 4.39 Å². The molecule has 8 aromatic rings. The van der Waals surface area contributed by atoms with E-state index in [0.717, 1.165) is 42.5 Å². The number of thiazole rings is 2. The van der Waals surface area contributed by atoms with Crippen LogP contribution in [-0.2, 0) is 9.47 Å². The minimum atomic E-state index is -0.361. The largest absolute Gasteiger partial charge is 0.476 e. The standard InChI is InChI=1S/C19H15ClFN5OS.C19H16ClN5OS/c1-3-27-17(22)19-26-13-5-4-12-15(16(13)28-19)18(24-8-23-12)25-14-7-11(21)9(2)6-10(14)20;1-3-26-17(21)19-25-14-7-6-13-15(16(14)27-19)18(23-9-22-13)24-12-5-4-10(2)8-11(12)20/h4-8,22H,3H2,1-2H3,(H,23,24,25);4-9,21H,3H2,1-2H3,(H,22,23,24). The van der Waals surface area contributed by atoms with Crippen molar-refractivity contribution in [3.05, 3.63) is 104 Å². The molecule has 0 atom stereocenters. The van der Waals surface area contributed by atoms with Crippen LogP contribution in [0.5, 0.6) is 0 Å². The summed E-state index contributed by atoms with van der Waals surface area (Å²) in [4.78, 5) is 26.4. The van der Waals surface area contributed by atoms with Crippen molar-refractivity contribution in [1.82, 2.24) is 29.9 Å². The first-order valence-corrected chi connectivity index (χ1v) is 19.2. The van der Waals surface area contributed by atoms with Gasteiger partial charge >= 0.3 is 0 Å². The summed E-state index contributed by atoms with van der Waals surface area (Å²) in [6.45, 7) is 8.13. The quantitative estimate of drug-likeness (QED) is 0.0856. The fraction of sp³-hybridized carbons (Fsp3) is 0.158. The molecular formula is C38H31Cl2FN10O2S2. The molecule has 4 aromatic carbocycles. The van der Waals surface area contributed by atoms with Crippen LogP contribution in [0.1, 0.15) is 35.0 Å². The van der Waals surface area contributed by atoms with Crippen LogP contribution in [0.4, 0.5) is 27.4 Å². The Kier molecular flexibility index (Phi) is 11.0. The number of aryl methyl sites for hydroxylation is 2. The Bertz CT molecular complexity index is 2780. The Morgan fingerprint density at radius 1 is 0.673 bits per heavy atom. The highest BCUT2D eigenvalue weighted by atomic mass is 35.5. The molecule has 0 amide bonds. The topological polar surface area (TPSA) is 168 Å². The second-order valence-electron chi connectivity index (χ2n) is 11.9. The molecule has 55 heavy (non-hydrogen) atoms. The van der Waals surface area contributed by atoms with Gasteiger partial charge in [-0.15, -0.1) is 22.7 Å². The molecule has 0 bridgehead atoms. The van der Waals surface area contributed by atoms with E-state index in [-0.39, 0.29) is 17.6 Å². The Morgan fingerprint density at radius 3 is 1.67 bits per heavy atom. The third-order valence-corrected chi connectivity index (χ3v) is 11.0. The van der Waals surface area contributed by atoms with E-state index in [1.165, 1.54) is 41.4 Å². The van der Waals surface area contributed by atoms with Crippen LogP contribution in [0, 0.1) is 30.5 Å². The summed E-state index contributed by atoms with van der Waals surface area (Å²) in [7, 11) is 0. The lowest BCUT2D eigenvalue weighted by atomic mass is 10.2. The number of nitrogens with one attached hydrogen (secondary N) is 4. The Hall–Kier alpha value is -5.61. The van der Waals surface area contributed by atoms with Gasteiger partial charge in [0.15, 0.2) is 10.0 Å². The maximum atomic E-state index is 14.0. The number of hydrogen-bond acceptors (Lipinski definition) is 14. The molecule has 12 nitrogen and oxygen atoms in total. The molecule has 0 fully saturated rings. The highest BCUT2D eigenvalue weighted by Crippen LogP contribution is 2.38. The lowest BCUT2D eigenvalue weighted by Gasteiger charge is -2.11. The fourth-order valence-electron chi connectivity index (χ4n) is 5.58. The number of anilines is 4. The van der Waals surface area contributed by atoms with E-state index in [0.29, 0.717) is 67.2 Å². The van der Waals surface area contributed by atoms with Crippen molar-refractivity contribution in [1.29, 1.82) is 10.8 Å². The maximum Gasteiger partial charge on any atom is 0.243 e. The number of rotatable bonds is 8. The van der Waals surface area contributed by atoms with E-state index in [2.05, 4.69) is 40.5 Å². The molecule has 0 radical (unpaired) electrons. The van der Waals surface area contributed by atoms with Crippen LogP contribution in [0.3, 0.4) is 0 Å². The SMILES string of the molecule is CCOC(=N)c1nc2ccc3ncnc(Nc4cc(F)c(C)cc4Cl)c3c2s1.CCOC(=N)c1nc2ccc3ncnc(Nc4ccc(C)cc4Cl)c3c2s1. The second kappa shape index (κ2) is 16.0. The summed E-state index contributed by atoms with van der Waals surface area (Å²) in [5.74, 6) is 0.862. The van der Waals surface area contributed by atoms with Gasteiger partial charge in [0.05, 0.1) is 76.9 Å². The zero-order valence-corrected chi connectivity index (χ0v) is 32.9. The highest BCUT2D eigenvalue weighted by molar-refractivity contribution is 7.21. The molecule has 0 aliphatic heterocycles. The molecule has 0 spiro atoms. The molecule has 4 N–H and O–H groups in total. The van der Waals surface area contributed by atoms with E-state index >= 15 is 0 Å². The molecular weight excluding hydrogens is 783 g/mol. The predicted molar refractivity (Wildman–Crippen MR) is 221 cm³/mol. The third-order valence-electron chi connectivity index (χ3n) is 8.16. The molecule has 8 rings (SSSR count). The molecule has 0 aliphatic rings. The summed E-state index contributed by atoms with van der Waals surface area (Å²) < 4.78 is 26.3. The van der Waals surface area contributed by atoms with Gasteiger partial charge in [0.1, 0.15) is 30.1 Å². The van der Waals surface area contributed by atoms with Crippen molar-refractivity contribution >= 4 is 123 Å². The molecule has 0 saturated carbocycles. The zero-order chi connectivity index (χ0) is 38.8. The summed E-state index contributed by atoms with van der Waals surface area (Å²) in [5.41, 5.74) is 5.71. The van der Waals surface area contributed by atoms with Gasteiger partial charge < -0.3 is 20.1 Å². The number of ether oxygens (including phenoxy) is 2. The maximum absolute atomic E-state index is 14.0. The molecule has 0 aliphatic carbocycles. The average molecular weight is 814 g/mol. The number of aromatic nitrogens is 6. The van der Waals surface area contributed by atoms with E-state index in [1.807, 2.05) is 63.2 Å². The first-order chi connectivity index (χ1) is 26.5. The fourth-order valence-corrected chi connectivity index (χ4v) is 8.15. The van der Waals surface area contributed by atoms with E-state index in [1.54, 1.807) is 13.0 Å². The van der Waals surface area contributed by atoms with Gasteiger partial charge in [-0.25, -0.2) is 34.3 Å². The van der Waals surface area contributed by atoms with Gasteiger partial charge in [-0.3, -0.25) is 10.8 Å². The van der Waals surface area contributed by atoms with Gasteiger partial charge in [0.25, 0.3) is 0 Å². The second-order valence-corrected chi connectivity index (χ2v) is 14.7. The van der Waals surface area contributed by atoms with E-state index in [4.69, 9.17) is 43.5 Å². The van der Waals surface area contributed by atoms with Crippen molar-refractivity contribution in [2.45, 2.75) is 27.7 Å². The molecule has 0 saturated heterocycles. The minimum Gasteiger partial charge on any atom is -0.476 e. The smallest absolute Gasteiger partial charge is 0.243 e. The summed E-state index contributed by atoms with van der Waals surface area (Å²) in [5, 5.41) is 26.0. The van der Waals surface area contributed by atoms with Crippen molar-refractivity contribution in [3.63, 3.8) is 0 Å². The summed E-state index contributed by atoms with van der Waals surface area (Å²) in [6.07, 6.45) is 2.95. The van der Waals surface area contributed by atoms with Crippen LogP contribution in [0.2, 0.25) is 10.0 Å². The van der Waals surface area contributed by atoms with Gasteiger partial charge in [0.2, 0.25) is 11.8 Å². The Balaban J connectivity index is 0.000000169. The number of benzene rings is 4. The summed E-state index contributed by atoms with van der Waals surface area (Å²) >= 11 is 15.4. The molecule has 0 unspecified atom stereocenters. The third kappa shape index (κ3) is 7.82. The van der Waals surface area contributed by atoms with Crippen molar-refractivity contribution in [2.75, 3.05) is 23.8 Å². The summed E-state index contributed by atoms with van der Waals surface area (Å²) in [6, 6.07) is 16.2. The first-order valence-electron chi connectivity index (χ1n) is 16.8. The molecule has 4 heterocycles. The number of fused-ring (bicyclic) bond motifs is 6. The van der Waals surface area contributed by atoms with Crippen LogP contribution >= 0.6 is 45.9 Å². The predicted octanol–water partition coefficient (Wildman–Crippen LogP) is 10.8. The van der Waals surface area contributed by atoms with Gasteiger partial charge in [-0.05, 0) is 87.4 Å². The average Bonchev–Trinajstić information content (AvgIpc) is 3.81. The first kappa shape index (κ1) is 37.7. The number of halogens is 3. The normalized spacial score (nSPS) is 11.1. The number of hydrogen-bond donors (Lipinski definition) is 4. The zero-order valence-electron chi connectivity index (χ0n) is 29.7. The molecule has 278 valence electrons. The monoisotopic (exact) mass is 812 g/mol. The molecule has 17 heteroatoms. The van der Waals surface area contributed by atoms with Crippen molar-refractivity contribution < 1.29 is 13.9 Å². The van der Waals surface area contributed by atoms with Gasteiger partial charge in [-0.1, -0.05) is 29.3 Å². The minimum absolute atomic E-state index is 0.0202. The van der Waals surface area contributed by atoms with Crippen molar-refractivity contribution in [3.8, 4) is 0 Å². The van der Waals surface area contributed by atoms with Gasteiger partial charge in [0, 0.05) is 0 Å². The van der Waals surface area contributed by atoms with Crippen LogP contribution in [-0.4, -0.2) is 54.9 Å². The van der Waals surface area contributed by atoms with Crippen LogP contribution < -0.4 is 10.6 Å². The van der Waals surface area contributed by atoms with Crippen molar-refractivity contribution in [2.24, 2.45) is 0 Å². The Morgan fingerprint density at radius 2 is 1.16 bits per heavy atom. The Labute approximate surface area is 331 Å². The van der Waals surface area contributed by atoms with Crippen LogP contribution in [0.25, 0.3) is 42.2 Å². The number of nitrogens with zero attached hydrogens (tertiary/aromatic N) is 6. The molecule has 4 aromatic heterocycles. The lowest BCUT2D eigenvalue weighted by molar-refractivity contribution is 0.325. The highest BCUT2D eigenvalue weighted by Gasteiger charge is 2.18.